The average molecular weight is 442 g/mol. The van der Waals surface area contributed by atoms with E-state index >= 15 is 0 Å². The number of aromatic nitrogens is 3. The van der Waals surface area contributed by atoms with Gasteiger partial charge < -0.3 is 5.32 Å². The van der Waals surface area contributed by atoms with E-state index in [2.05, 4.69) is 38.1 Å². The van der Waals surface area contributed by atoms with Gasteiger partial charge in [0.1, 0.15) is 12.1 Å². The number of sulfonamides is 1. The SMILES string of the molecule is C=C/C=C\C(=C)CNc1ncnc2ccc(-c3cnc(Cl)c(NS(C)(=O)=O)c3)cc12. The van der Waals surface area contributed by atoms with Crippen molar-refractivity contribution in [1.82, 2.24) is 15.0 Å². The molecule has 2 N–H and O–H groups in total. The summed E-state index contributed by atoms with van der Waals surface area (Å²) in [5.74, 6) is 0.659. The highest BCUT2D eigenvalue weighted by Crippen LogP contribution is 2.30. The highest BCUT2D eigenvalue weighted by atomic mass is 35.5. The first kappa shape index (κ1) is 21.5. The zero-order valence-corrected chi connectivity index (χ0v) is 17.8. The summed E-state index contributed by atoms with van der Waals surface area (Å²) in [5, 5.41) is 4.14. The maximum absolute atomic E-state index is 11.6. The molecule has 0 spiro atoms. The van der Waals surface area contributed by atoms with Gasteiger partial charge in [0, 0.05) is 23.7 Å². The molecule has 0 saturated heterocycles. The predicted octanol–water partition coefficient (Wildman–Crippen LogP) is 4.43. The Balaban J connectivity index is 1.97. The fourth-order valence-electron chi connectivity index (χ4n) is 2.71. The van der Waals surface area contributed by atoms with E-state index in [1.54, 1.807) is 18.3 Å². The first-order valence-electron chi connectivity index (χ1n) is 8.86. The number of hydrogen-bond acceptors (Lipinski definition) is 6. The second-order valence-electron chi connectivity index (χ2n) is 6.50. The standard InChI is InChI=1S/C21H20ClN5O2S/c1-4-5-6-14(2)11-24-21-17-9-15(7-8-18(17)25-13-26-21)16-10-19(20(22)23-12-16)27-30(3,28)29/h4-10,12-13,27H,1-2,11H2,3H3,(H,24,25,26)/b6-5-. The van der Waals surface area contributed by atoms with Crippen molar-refractivity contribution < 1.29 is 8.42 Å². The molecule has 0 aliphatic rings. The Morgan fingerprint density at radius 3 is 2.73 bits per heavy atom. The van der Waals surface area contributed by atoms with Gasteiger partial charge >= 0.3 is 0 Å². The molecule has 2 aromatic heterocycles. The quantitative estimate of drug-likeness (QED) is 0.396. The summed E-state index contributed by atoms with van der Waals surface area (Å²) in [4.78, 5) is 12.7. The molecule has 0 atom stereocenters. The van der Waals surface area contributed by atoms with Crippen LogP contribution < -0.4 is 10.0 Å². The molecule has 154 valence electrons. The molecule has 0 unspecified atom stereocenters. The summed E-state index contributed by atoms with van der Waals surface area (Å²) < 4.78 is 25.5. The van der Waals surface area contributed by atoms with Gasteiger partial charge in [-0.05, 0) is 29.3 Å². The van der Waals surface area contributed by atoms with Crippen molar-refractivity contribution in [3.8, 4) is 11.1 Å². The van der Waals surface area contributed by atoms with Crippen molar-refractivity contribution in [2.75, 3.05) is 22.8 Å². The van der Waals surface area contributed by atoms with Crippen LogP contribution in [0, 0.1) is 0 Å². The van der Waals surface area contributed by atoms with E-state index in [1.165, 1.54) is 6.33 Å². The minimum Gasteiger partial charge on any atom is -0.365 e. The molecular weight excluding hydrogens is 422 g/mol. The number of nitrogens with zero attached hydrogens (tertiary/aromatic N) is 3. The number of halogens is 1. The summed E-state index contributed by atoms with van der Waals surface area (Å²) in [7, 11) is -3.49. The van der Waals surface area contributed by atoms with Crippen LogP contribution in [0.1, 0.15) is 0 Å². The lowest BCUT2D eigenvalue weighted by Crippen LogP contribution is -2.10. The maximum Gasteiger partial charge on any atom is 0.229 e. The highest BCUT2D eigenvalue weighted by molar-refractivity contribution is 7.92. The molecule has 0 radical (unpaired) electrons. The summed E-state index contributed by atoms with van der Waals surface area (Å²) in [6, 6.07) is 7.29. The largest absolute Gasteiger partial charge is 0.365 e. The van der Waals surface area contributed by atoms with Crippen LogP contribution in [0.5, 0.6) is 0 Å². The molecule has 0 aliphatic carbocycles. The topological polar surface area (TPSA) is 96.9 Å². The monoisotopic (exact) mass is 441 g/mol. The summed E-state index contributed by atoms with van der Waals surface area (Å²) >= 11 is 6.03. The van der Waals surface area contributed by atoms with Crippen LogP contribution in [0.3, 0.4) is 0 Å². The van der Waals surface area contributed by atoms with Gasteiger partial charge in [0.15, 0.2) is 5.15 Å². The molecule has 3 aromatic rings. The Bertz CT molecular complexity index is 1260. The third-order valence-electron chi connectivity index (χ3n) is 4.05. The number of pyridine rings is 1. The van der Waals surface area contributed by atoms with Gasteiger partial charge in [0.05, 0.1) is 17.5 Å². The van der Waals surface area contributed by atoms with E-state index in [1.807, 2.05) is 30.4 Å². The Labute approximate surface area is 180 Å². The van der Waals surface area contributed by atoms with Gasteiger partial charge in [-0.2, -0.15) is 0 Å². The third kappa shape index (κ3) is 5.43. The van der Waals surface area contributed by atoms with Gasteiger partial charge in [-0.1, -0.05) is 49.1 Å². The van der Waals surface area contributed by atoms with Gasteiger partial charge in [0.25, 0.3) is 0 Å². The zero-order chi connectivity index (χ0) is 21.7. The predicted molar refractivity (Wildman–Crippen MR) is 123 cm³/mol. The van der Waals surface area contributed by atoms with Crippen LogP contribution in [-0.2, 0) is 10.0 Å². The number of allylic oxidation sites excluding steroid dienone is 2. The minimum atomic E-state index is -3.49. The Hall–Kier alpha value is -3.23. The molecule has 30 heavy (non-hydrogen) atoms. The zero-order valence-electron chi connectivity index (χ0n) is 16.3. The van der Waals surface area contributed by atoms with Crippen molar-refractivity contribution in [1.29, 1.82) is 0 Å². The summed E-state index contributed by atoms with van der Waals surface area (Å²) in [5.41, 5.74) is 3.35. The van der Waals surface area contributed by atoms with Crippen molar-refractivity contribution >= 4 is 44.0 Å². The van der Waals surface area contributed by atoms with Gasteiger partial charge in [-0.3, -0.25) is 4.72 Å². The van der Waals surface area contributed by atoms with Gasteiger partial charge in [-0.15, -0.1) is 0 Å². The summed E-state index contributed by atoms with van der Waals surface area (Å²) in [6.45, 7) is 8.13. The van der Waals surface area contributed by atoms with E-state index in [0.29, 0.717) is 17.9 Å². The van der Waals surface area contributed by atoms with Crippen LogP contribution in [0.2, 0.25) is 5.15 Å². The maximum atomic E-state index is 11.6. The van der Waals surface area contributed by atoms with Gasteiger partial charge in [-0.25, -0.2) is 23.4 Å². The highest BCUT2D eigenvalue weighted by Gasteiger charge is 2.11. The van der Waals surface area contributed by atoms with Crippen molar-refractivity contribution in [2.24, 2.45) is 0 Å². The van der Waals surface area contributed by atoms with Crippen LogP contribution in [0.15, 0.2) is 73.7 Å². The van der Waals surface area contributed by atoms with E-state index in [0.717, 1.165) is 28.3 Å². The van der Waals surface area contributed by atoms with E-state index in [9.17, 15) is 8.42 Å². The molecule has 0 fully saturated rings. The molecule has 9 heteroatoms. The van der Waals surface area contributed by atoms with Crippen LogP contribution in [-0.4, -0.2) is 36.2 Å². The lowest BCUT2D eigenvalue weighted by atomic mass is 10.0. The minimum absolute atomic E-state index is 0.0711. The fourth-order valence-corrected chi connectivity index (χ4v) is 3.48. The summed E-state index contributed by atoms with van der Waals surface area (Å²) in [6.07, 6.45) is 9.49. The average Bonchev–Trinajstić information content (AvgIpc) is 2.71. The molecule has 7 nitrogen and oxygen atoms in total. The smallest absolute Gasteiger partial charge is 0.229 e. The number of nitrogens with one attached hydrogen (secondary N) is 2. The number of benzene rings is 1. The lowest BCUT2D eigenvalue weighted by molar-refractivity contribution is 0.607. The van der Waals surface area contributed by atoms with Crippen molar-refractivity contribution in [2.45, 2.75) is 0 Å². The number of fused-ring (bicyclic) bond motifs is 1. The van der Waals surface area contributed by atoms with Crippen molar-refractivity contribution in [3.05, 3.63) is 78.9 Å². The fraction of sp³-hybridized carbons (Fsp3) is 0.0952. The van der Waals surface area contributed by atoms with Crippen LogP contribution in [0.4, 0.5) is 11.5 Å². The van der Waals surface area contributed by atoms with E-state index < -0.39 is 10.0 Å². The van der Waals surface area contributed by atoms with Crippen LogP contribution in [0.25, 0.3) is 22.0 Å². The van der Waals surface area contributed by atoms with Crippen molar-refractivity contribution in [3.63, 3.8) is 0 Å². The molecular formula is C21H20ClN5O2S. The van der Waals surface area contributed by atoms with E-state index in [4.69, 9.17) is 11.6 Å². The second kappa shape index (κ2) is 9.06. The van der Waals surface area contributed by atoms with E-state index in [-0.39, 0.29) is 10.8 Å². The first-order valence-corrected chi connectivity index (χ1v) is 11.1. The molecule has 2 heterocycles. The Morgan fingerprint density at radius 1 is 1.20 bits per heavy atom. The third-order valence-corrected chi connectivity index (χ3v) is 4.95. The number of rotatable bonds is 8. The Kier molecular flexibility index (Phi) is 6.49. The van der Waals surface area contributed by atoms with Crippen LogP contribution >= 0.6 is 11.6 Å². The molecule has 1 aromatic carbocycles. The molecule has 0 saturated carbocycles. The molecule has 0 bridgehead atoms. The molecule has 0 aliphatic heterocycles. The first-order chi connectivity index (χ1) is 14.3. The number of anilines is 2. The normalized spacial score (nSPS) is 11.5. The lowest BCUT2D eigenvalue weighted by Gasteiger charge is -2.11. The molecule has 0 amide bonds. The second-order valence-corrected chi connectivity index (χ2v) is 8.60. The number of hydrogen-bond donors (Lipinski definition) is 2. The molecule has 3 rings (SSSR count). The Morgan fingerprint density at radius 2 is 2.00 bits per heavy atom. The van der Waals surface area contributed by atoms with Gasteiger partial charge in [0.2, 0.25) is 10.0 Å².